The van der Waals surface area contributed by atoms with Gasteiger partial charge in [0.05, 0.1) is 12.7 Å². The van der Waals surface area contributed by atoms with Crippen molar-refractivity contribution in [2.75, 3.05) is 27.2 Å². The van der Waals surface area contributed by atoms with Crippen molar-refractivity contribution in [3.63, 3.8) is 0 Å². The Morgan fingerprint density at radius 2 is 2.00 bits per heavy atom. The lowest BCUT2D eigenvalue weighted by molar-refractivity contribution is 0.0598. The zero-order valence-electron chi connectivity index (χ0n) is 12.9. The number of hydrogen-bond acceptors (Lipinski definition) is 4. The monoisotopic (exact) mass is 288 g/mol. The van der Waals surface area contributed by atoms with Crippen molar-refractivity contribution in [2.24, 2.45) is 0 Å². The highest BCUT2D eigenvalue weighted by Crippen LogP contribution is 2.29. The van der Waals surface area contributed by atoms with Gasteiger partial charge in [-0.1, -0.05) is 18.2 Å². The highest BCUT2D eigenvalue weighted by Gasteiger charge is 2.34. The summed E-state index contributed by atoms with van der Waals surface area (Å²) in [5, 5.41) is 0. The van der Waals surface area contributed by atoms with Crippen molar-refractivity contribution < 1.29 is 9.53 Å². The molecule has 3 rings (SSSR count). The fraction of sp³-hybridized carbons (Fsp3) is 0.588. The Hall–Kier alpha value is -1.39. The summed E-state index contributed by atoms with van der Waals surface area (Å²) in [6, 6.07) is 9.21. The molecule has 2 bridgehead atoms. The predicted molar refractivity (Wildman–Crippen MR) is 82.2 cm³/mol. The number of benzene rings is 1. The molecule has 0 spiro atoms. The van der Waals surface area contributed by atoms with E-state index in [1.54, 1.807) is 0 Å². The minimum atomic E-state index is -0.237. The summed E-state index contributed by atoms with van der Waals surface area (Å²) < 4.78 is 4.89. The van der Waals surface area contributed by atoms with Gasteiger partial charge in [0.2, 0.25) is 0 Å². The Morgan fingerprint density at radius 1 is 1.24 bits per heavy atom. The predicted octanol–water partition coefficient (Wildman–Crippen LogP) is 2.14. The molecule has 2 saturated heterocycles. The molecule has 0 aliphatic carbocycles. The number of carbonyl (C=O) groups excluding carboxylic acids is 1. The van der Waals surface area contributed by atoms with Gasteiger partial charge in [-0.05, 0) is 37.9 Å². The summed E-state index contributed by atoms with van der Waals surface area (Å²) in [6.45, 7) is 3.05. The van der Waals surface area contributed by atoms with Crippen LogP contribution >= 0.6 is 0 Å². The van der Waals surface area contributed by atoms with Crippen LogP contribution in [0.2, 0.25) is 0 Å². The third-order valence-corrected chi connectivity index (χ3v) is 5.05. The lowest BCUT2D eigenvalue weighted by Crippen LogP contribution is -2.36. The van der Waals surface area contributed by atoms with E-state index in [4.69, 9.17) is 4.74 Å². The van der Waals surface area contributed by atoms with Crippen molar-refractivity contribution in [1.29, 1.82) is 0 Å². The minimum Gasteiger partial charge on any atom is -0.465 e. The van der Waals surface area contributed by atoms with Crippen molar-refractivity contribution >= 4 is 5.97 Å². The summed E-state index contributed by atoms with van der Waals surface area (Å²) in [4.78, 5) is 16.9. The number of methoxy groups -OCH3 is 1. The van der Waals surface area contributed by atoms with Gasteiger partial charge in [0, 0.05) is 31.7 Å². The molecule has 2 aliphatic rings. The normalized spacial score (nSPS) is 26.6. The zero-order valence-corrected chi connectivity index (χ0v) is 12.9. The fourth-order valence-corrected chi connectivity index (χ4v) is 3.73. The number of rotatable bonds is 3. The van der Waals surface area contributed by atoms with Gasteiger partial charge in [0.15, 0.2) is 0 Å². The molecule has 114 valence electrons. The van der Waals surface area contributed by atoms with Gasteiger partial charge in [-0.2, -0.15) is 0 Å². The van der Waals surface area contributed by atoms with Crippen LogP contribution in [0.15, 0.2) is 24.3 Å². The summed E-state index contributed by atoms with van der Waals surface area (Å²) in [5.74, 6) is -0.237. The first kappa shape index (κ1) is 14.5. The molecule has 1 aromatic carbocycles. The maximum atomic E-state index is 11.9. The molecule has 21 heavy (non-hydrogen) atoms. The standard InChI is InChI=1S/C17H24N2O2/c1-18-14-7-8-15(18)12-19(10-9-14)11-13-5-3-4-6-16(13)17(20)21-2/h3-6,14-15H,7-12H2,1-2H3. The third-order valence-electron chi connectivity index (χ3n) is 5.05. The maximum absolute atomic E-state index is 11.9. The lowest BCUT2D eigenvalue weighted by atomic mass is 10.0. The molecule has 2 heterocycles. The zero-order chi connectivity index (χ0) is 14.8. The summed E-state index contributed by atoms with van der Waals surface area (Å²) in [5.41, 5.74) is 1.77. The number of hydrogen-bond donors (Lipinski definition) is 0. The van der Waals surface area contributed by atoms with E-state index in [2.05, 4.69) is 16.8 Å². The Bertz CT molecular complexity index is 517. The first-order valence-corrected chi connectivity index (χ1v) is 7.79. The highest BCUT2D eigenvalue weighted by molar-refractivity contribution is 5.90. The van der Waals surface area contributed by atoms with Crippen LogP contribution in [0.3, 0.4) is 0 Å². The van der Waals surface area contributed by atoms with E-state index in [1.807, 2.05) is 24.3 Å². The van der Waals surface area contributed by atoms with E-state index in [-0.39, 0.29) is 5.97 Å². The molecule has 2 atom stereocenters. The number of ether oxygens (including phenoxy) is 1. The van der Waals surface area contributed by atoms with Crippen LogP contribution in [0.25, 0.3) is 0 Å². The van der Waals surface area contributed by atoms with Gasteiger partial charge < -0.3 is 4.74 Å². The van der Waals surface area contributed by atoms with Crippen LogP contribution in [-0.4, -0.2) is 55.1 Å². The lowest BCUT2D eigenvalue weighted by Gasteiger charge is -2.26. The van der Waals surface area contributed by atoms with Crippen molar-refractivity contribution in [1.82, 2.24) is 9.80 Å². The van der Waals surface area contributed by atoms with Gasteiger partial charge in [0.1, 0.15) is 0 Å². The Labute approximate surface area is 126 Å². The SMILES string of the molecule is COC(=O)c1ccccc1CN1CCC2CCC(C1)N2C. The van der Waals surface area contributed by atoms with Gasteiger partial charge >= 0.3 is 5.97 Å². The molecule has 2 fully saturated rings. The molecular weight excluding hydrogens is 264 g/mol. The number of likely N-dealkylation sites (tertiary alicyclic amines) is 1. The fourth-order valence-electron chi connectivity index (χ4n) is 3.73. The number of nitrogens with zero attached hydrogens (tertiary/aromatic N) is 2. The van der Waals surface area contributed by atoms with E-state index in [1.165, 1.54) is 26.4 Å². The second-order valence-corrected chi connectivity index (χ2v) is 6.22. The van der Waals surface area contributed by atoms with Crippen LogP contribution in [0, 0.1) is 0 Å². The summed E-state index contributed by atoms with van der Waals surface area (Å²) >= 11 is 0. The van der Waals surface area contributed by atoms with Crippen LogP contribution in [0.5, 0.6) is 0 Å². The third kappa shape index (κ3) is 2.97. The van der Waals surface area contributed by atoms with Gasteiger partial charge in [-0.3, -0.25) is 9.80 Å². The highest BCUT2D eigenvalue weighted by atomic mass is 16.5. The van der Waals surface area contributed by atoms with Crippen molar-refractivity contribution in [2.45, 2.75) is 37.9 Å². The molecule has 0 saturated carbocycles. The molecule has 4 heteroatoms. The number of esters is 1. The topological polar surface area (TPSA) is 32.8 Å². The second-order valence-electron chi connectivity index (χ2n) is 6.22. The second kappa shape index (κ2) is 6.16. The van der Waals surface area contributed by atoms with Gasteiger partial charge in [-0.15, -0.1) is 0 Å². The average molecular weight is 288 g/mol. The smallest absolute Gasteiger partial charge is 0.338 e. The molecule has 0 amide bonds. The van der Waals surface area contributed by atoms with Crippen LogP contribution in [-0.2, 0) is 11.3 Å². The molecule has 2 unspecified atom stereocenters. The quantitative estimate of drug-likeness (QED) is 0.798. The average Bonchev–Trinajstić information content (AvgIpc) is 2.75. The summed E-state index contributed by atoms with van der Waals surface area (Å²) in [7, 11) is 3.70. The summed E-state index contributed by atoms with van der Waals surface area (Å²) in [6.07, 6.45) is 3.87. The molecule has 4 nitrogen and oxygen atoms in total. The largest absolute Gasteiger partial charge is 0.465 e. The van der Waals surface area contributed by atoms with E-state index in [0.717, 1.165) is 31.2 Å². The molecule has 0 aromatic heterocycles. The van der Waals surface area contributed by atoms with E-state index in [9.17, 15) is 4.79 Å². The molecular formula is C17H24N2O2. The van der Waals surface area contributed by atoms with E-state index >= 15 is 0 Å². The first-order valence-electron chi connectivity index (χ1n) is 7.79. The van der Waals surface area contributed by atoms with Crippen LogP contribution < -0.4 is 0 Å². The minimum absolute atomic E-state index is 0.237. The molecule has 2 aliphatic heterocycles. The van der Waals surface area contributed by atoms with Crippen molar-refractivity contribution in [3.05, 3.63) is 35.4 Å². The van der Waals surface area contributed by atoms with E-state index < -0.39 is 0 Å². The van der Waals surface area contributed by atoms with Crippen LogP contribution in [0.1, 0.15) is 35.2 Å². The van der Waals surface area contributed by atoms with Gasteiger partial charge in [-0.25, -0.2) is 4.79 Å². The first-order chi connectivity index (χ1) is 10.2. The Morgan fingerprint density at radius 3 is 2.81 bits per heavy atom. The van der Waals surface area contributed by atoms with E-state index in [0.29, 0.717) is 11.6 Å². The van der Waals surface area contributed by atoms with Crippen LogP contribution in [0.4, 0.5) is 0 Å². The molecule has 0 radical (unpaired) electrons. The van der Waals surface area contributed by atoms with Crippen molar-refractivity contribution in [3.8, 4) is 0 Å². The molecule has 1 aromatic rings. The number of carbonyl (C=O) groups is 1. The Balaban J connectivity index is 1.74. The number of fused-ring (bicyclic) bond motifs is 2. The van der Waals surface area contributed by atoms with Gasteiger partial charge in [0.25, 0.3) is 0 Å². The molecule has 0 N–H and O–H groups in total. The maximum Gasteiger partial charge on any atom is 0.338 e. The number of likely N-dealkylation sites (N-methyl/N-ethyl adjacent to an activating group) is 1. The Kier molecular flexibility index (Phi) is 4.27.